The molecule has 0 spiro atoms. The fourth-order valence-corrected chi connectivity index (χ4v) is 2.60. The first-order chi connectivity index (χ1) is 8.43. The van der Waals surface area contributed by atoms with Crippen LogP contribution in [0.2, 0.25) is 0 Å². The average Bonchev–Trinajstić information content (AvgIpc) is 2.30. The molecule has 0 aliphatic carbocycles. The Labute approximate surface area is 114 Å². The van der Waals surface area contributed by atoms with Crippen LogP contribution in [0.15, 0.2) is 0 Å². The Morgan fingerprint density at radius 3 is 2.11 bits per heavy atom. The Hall–Kier alpha value is -0.120. The van der Waals surface area contributed by atoms with Gasteiger partial charge >= 0.3 is 0 Å². The lowest BCUT2D eigenvalue weighted by Crippen LogP contribution is -2.47. The van der Waals surface area contributed by atoms with Crippen molar-refractivity contribution in [3.8, 4) is 0 Å². The molecular formula is C15H33N3. The van der Waals surface area contributed by atoms with Gasteiger partial charge in [0.1, 0.15) is 0 Å². The highest BCUT2D eigenvalue weighted by molar-refractivity contribution is 4.74. The summed E-state index contributed by atoms with van der Waals surface area (Å²) in [6, 6.07) is 0. The summed E-state index contributed by atoms with van der Waals surface area (Å²) < 4.78 is 0. The molecule has 3 nitrogen and oxygen atoms in total. The van der Waals surface area contributed by atoms with Crippen molar-refractivity contribution in [3.63, 3.8) is 0 Å². The van der Waals surface area contributed by atoms with Crippen LogP contribution in [0.25, 0.3) is 0 Å². The molecule has 0 amide bonds. The topological polar surface area (TPSA) is 32.5 Å². The Morgan fingerprint density at radius 1 is 1.06 bits per heavy atom. The first-order valence-electron chi connectivity index (χ1n) is 7.58. The third kappa shape index (κ3) is 6.17. The van der Waals surface area contributed by atoms with Gasteiger partial charge in [0.05, 0.1) is 0 Å². The first-order valence-corrected chi connectivity index (χ1v) is 7.58. The van der Waals surface area contributed by atoms with Crippen LogP contribution in [-0.2, 0) is 0 Å². The van der Waals surface area contributed by atoms with Gasteiger partial charge in [0.25, 0.3) is 0 Å². The molecule has 1 heterocycles. The van der Waals surface area contributed by atoms with Gasteiger partial charge in [-0.05, 0) is 37.3 Å². The first kappa shape index (κ1) is 15.9. The van der Waals surface area contributed by atoms with Crippen molar-refractivity contribution in [2.75, 3.05) is 45.8 Å². The van der Waals surface area contributed by atoms with Crippen molar-refractivity contribution in [3.05, 3.63) is 0 Å². The summed E-state index contributed by atoms with van der Waals surface area (Å²) in [7, 11) is 0. The molecule has 1 fully saturated rings. The molecule has 0 aromatic rings. The lowest BCUT2D eigenvalue weighted by molar-refractivity contribution is 0.118. The van der Waals surface area contributed by atoms with Crippen LogP contribution < -0.4 is 5.73 Å². The minimum Gasteiger partial charge on any atom is -0.330 e. The quantitative estimate of drug-likeness (QED) is 0.755. The zero-order valence-corrected chi connectivity index (χ0v) is 12.9. The highest BCUT2D eigenvalue weighted by Gasteiger charge is 2.19. The van der Waals surface area contributed by atoms with Crippen LogP contribution in [-0.4, -0.2) is 55.6 Å². The number of hydrogen-bond donors (Lipinski definition) is 1. The molecule has 0 unspecified atom stereocenters. The molecule has 0 radical (unpaired) electrons. The lowest BCUT2D eigenvalue weighted by Gasteiger charge is -2.36. The van der Waals surface area contributed by atoms with Gasteiger partial charge in [-0.25, -0.2) is 0 Å². The van der Waals surface area contributed by atoms with E-state index in [2.05, 4.69) is 37.5 Å². The van der Waals surface area contributed by atoms with Gasteiger partial charge in [-0.1, -0.05) is 27.7 Å². The summed E-state index contributed by atoms with van der Waals surface area (Å²) >= 11 is 0. The molecule has 2 N–H and O–H groups in total. The van der Waals surface area contributed by atoms with Crippen molar-refractivity contribution in [1.82, 2.24) is 9.80 Å². The van der Waals surface area contributed by atoms with E-state index >= 15 is 0 Å². The van der Waals surface area contributed by atoms with Crippen LogP contribution in [0.4, 0.5) is 0 Å². The van der Waals surface area contributed by atoms with Gasteiger partial charge in [-0.2, -0.15) is 0 Å². The lowest BCUT2D eigenvalue weighted by atomic mass is 9.88. The summed E-state index contributed by atoms with van der Waals surface area (Å²) in [6.45, 7) is 17.5. The van der Waals surface area contributed by atoms with Crippen LogP contribution in [0.1, 0.15) is 40.5 Å². The Kier molecular flexibility index (Phi) is 6.61. The molecule has 108 valence electrons. The number of piperazine rings is 1. The third-order valence-corrected chi connectivity index (χ3v) is 3.97. The van der Waals surface area contributed by atoms with Gasteiger partial charge < -0.3 is 15.5 Å². The van der Waals surface area contributed by atoms with E-state index < -0.39 is 0 Å². The maximum Gasteiger partial charge on any atom is 0.0110 e. The largest absolute Gasteiger partial charge is 0.330 e. The average molecular weight is 255 g/mol. The highest BCUT2D eigenvalue weighted by atomic mass is 15.3. The normalized spacial score (nSPS) is 19.7. The van der Waals surface area contributed by atoms with Crippen molar-refractivity contribution in [2.45, 2.75) is 40.5 Å². The Balaban J connectivity index is 2.12. The molecule has 0 bridgehead atoms. The molecule has 18 heavy (non-hydrogen) atoms. The van der Waals surface area contributed by atoms with Crippen LogP contribution in [0, 0.1) is 11.3 Å². The monoisotopic (exact) mass is 255 g/mol. The van der Waals surface area contributed by atoms with E-state index in [9.17, 15) is 0 Å². The van der Waals surface area contributed by atoms with Gasteiger partial charge in [0, 0.05) is 32.7 Å². The molecule has 1 aliphatic rings. The van der Waals surface area contributed by atoms with E-state index in [1.54, 1.807) is 0 Å². The Morgan fingerprint density at radius 2 is 1.61 bits per heavy atom. The summed E-state index contributed by atoms with van der Waals surface area (Å²) in [6.07, 6.45) is 2.53. The summed E-state index contributed by atoms with van der Waals surface area (Å²) in [5.41, 5.74) is 6.09. The van der Waals surface area contributed by atoms with Crippen molar-refractivity contribution in [1.29, 1.82) is 0 Å². The number of nitrogens with two attached hydrogens (primary N) is 1. The second-order valence-electron chi connectivity index (χ2n) is 7.01. The second kappa shape index (κ2) is 7.46. The smallest absolute Gasteiger partial charge is 0.0110 e. The van der Waals surface area contributed by atoms with E-state index in [0.29, 0.717) is 5.41 Å². The van der Waals surface area contributed by atoms with E-state index in [0.717, 1.165) is 12.5 Å². The predicted octanol–water partition coefficient (Wildman–Crippen LogP) is 2.03. The minimum atomic E-state index is 0.319. The predicted molar refractivity (Wildman–Crippen MR) is 79.8 cm³/mol. The summed E-state index contributed by atoms with van der Waals surface area (Å²) in [5.74, 6) is 0.793. The van der Waals surface area contributed by atoms with Gasteiger partial charge in [-0.3, -0.25) is 0 Å². The molecule has 1 saturated heterocycles. The van der Waals surface area contributed by atoms with Crippen LogP contribution in [0.3, 0.4) is 0 Å². The maximum atomic E-state index is 5.77. The highest BCUT2D eigenvalue weighted by Crippen LogP contribution is 2.20. The van der Waals surface area contributed by atoms with Crippen molar-refractivity contribution in [2.24, 2.45) is 17.1 Å². The minimum absolute atomic E-state index is 0.319. The van der Waals surface area contributed by atoms with Gasteiger partial charge in [0.2, 0.25) is 0 Å². The molecular weight excluding hydrogens is 222 g/mol. The molecule has 0 aromatic heterocycles. The summed E-state index contributed by atoms with van der Waals surface area (Å²) in [4.78, 5) is 5.22. The van der Waals surface area contributed by atoms with Crippen molar-refractivity contribution < 1.29 is 0 Å². The molecule has 0 saturated carbocycles. The van der Waals surface area contributed by atoms with Crippen molar-refractivity contribution >= 4 is 0 Å². The van der Waals surface area contributed by atoms with Crippen LogP contribution >= 0.6 is 0 Å². The molecule has 3 heteroatoms. The van der Waals surface area contributed by atoms with Gasteiger partial charge in [0.15, 0.2) is 0 Å². The molecule has 0 atom stereocenters. The van der Waals surface area contributed by atoms with E-state index in [4.69, 9.17) is 5.73 Å². The van der Waals surface area contributed by atoms with E-state index in [-0.39, 0.29) is 0 Å². The molecule has 1 aliphatic heterocycles. The van der Waals surface area contributed by atoms with Crippen LogP contribution in [0.5, 0.6) is 0 Å². The molecule has 0 aromatic carbocycles. The SMILES string of the molecule is CC(C)CN1CCN(CCCC(C)(C)CN)CC1. The Bertz CT molecular complexity index is 218. The maximum absolute atomic E-state index is 5.77. The molecule has 1 rings (SSSR count). The third-order valence-electron chi connectivity index (χ3n) is 3.97. The zero-order chi connectivity index (χ0) is 13.6. The van der Waals surface area contributed by atoms with E-state index in [1.165, 1.54) is 52.1 Å². The zero-order valence-electron chi connectivity index (χ0n) is 12.9. The number of hydrogen-bond acceptors (Lipinski definition) is 3. The van der Waals surface area contributed by atoms with E-state index in [1.807, 2.05) is 0 Å². The second-order valence-corrected chi connectivity index (χ2v) is 7.01. The summed E-state index contributed by atoms with van der Waals surface area (Å²) in [5, 5.41) is 0. The standard InChI is InChI=1S/C15H33N3/c1-14(2)12-18-10-8-17(9-11-18)7-5-6-15(3,4)13-16/h14H,5-13,16H2,1-4H3. The number of nitrogens with zero attached hydrogens (tertiary/aromatic N) is 2. The fourth-order valence-electron chi connectivity index (χ4n) is 2.60. The van der Waals surface area contributed by atoms with Gasteiger partial charge in [-0.15, -0.1) is 0 Å². The number of rotatable bonds is 7. The fraction of sp³-hybridized carbons (Fsp3) is 1.00.